The zero-order valence-electron chi connectivity index (χ0n) is 23.5. The first-order chi connectivity index (χ1) is 20.4. The summed E-state index contributed by atoms with van der Waals surface area (Å²) in [7, 11) is 0. The molecule has 2 aromatic carbocycles. The number of nitrogens with one attached hydrogen (secondary N) is 1. The number of amides is 1. The molecule has 7 rings (SSSR count). The van der Waals surface area contributed by atoms with Gasteiger partial charge < -0.3 is 9.80 Å². The van der Waals surface area contributed by atoms with Crippen LogP contribution in [0.3, 0.4) is 0 Å². The summed E-state index contributed by atoms with van der Waals surface area (Å²) >= 11 is 7.10. The Hall–Kier alpha value is -4.50. The topological polar surface area (TPSA) is 100 Å². The van der Waals surface area contributed by atoms with Crippen molar-refractivity contribution in [3.05, 3.63) is 88.2 Å². The van der Waals surface area contributed by atoms with Gasteiger partial charge in [-0.2, -0.15) is 10.1 Å². The summed E-state index contributed by atoms with van der Waals surface area (Å²) in [5.41, 5.74) is 5.93. The molecule has 1 saturated heterocycles. The Morgan fingerprint density at radius 2 is 1.98 bits per heavy atom. The molecule has 1 aliphatic carbocycles. The van der Waals surface area contributed by atoms with Crippen LogP contribution in [0.2, 0.25) is 5.02 Å². The number of H-pyrrole nitrogens is 1. The van der Waals surface area contributed by atoms with Gasteiger partial charge >= 0.3 is 5.69 Å². The minimum absolute atomic E-state index is 0.0723. The smallest absolute Gasteiger partial charge is 0.350 e. The van der Waals surface area contributed by atoms with E-state index in [1.54, 1.807) is 15.7 Å². The second-order valence-electron chi connectivity index (χ2n) is 11.2. The van der Waals surface area contributed by atoms with Gasteiger partial charge in [-0.05, 0) is 79.6 Å². The highest BCUT2D eigenvalue weighted by molar-refractivity contribution is 6.35. The largest absolute Gasteiger partial charge is 0.354 e. The standard InChI is InChI=1S/C32H30ClN7O2/c1-4-29(41)38-11-12-39(19(3)17-38)31-22-13-25(33)21(30-18(2)5-8-26-24(30)16-35-37-26)14-28(22)40(32(42)36-31)27-9-10-34-15-23(27)20-6-7-20/h4-5,8-10,13-16,19-20H,1,6-7,11-12,17H2,2-3H3,(H,35,37). The molecule has 5 aromatic rings. The molecule has 1 saturated carbocycles. The van der Waals surface area contributed by atoms with Crippen molar-refractivity contribution in [3.63, 3.8) is 0 Å². The Kier molecular flexibility index (Phi) is 6.35. The van der Waals surface area contributed by atoms with Crippen molar-refractivity contribution in [1.82, 2.24) is 29.6 Å². The van der Waals surface area contributed by atoms with Crippen LogP contribution in [-0.4, -0.2) is 61.2 Å². The van der Waals surface area contributed by atoms with Crippen LogP contribution in [0.15, 0.2) is 66.4 Å². The summed E-state index contributed by atoms with van der Waals surface area (Å²) in [6.45, 7) is 9.25. The molecule has 0 bridgehead atoms. The Morgan fingerprint density at radius 1 is 1.14 bits per heavy atom. The van der Waals surface area contributed by atoms with Gasteiger partial charge in [0.2, 0.25) is 5.91 Å². The van der Waals surface area contributed by atoms with E-state index in [1.165, 1.54) is 6.08 Å². The minimum atomic E-state index is -0.367. The molecule has 1 atom stereocenters. The highest BCUT2D eigenvalue weighted by Gasteiger charge is 2.31. The summed E-state index contributed by atoms with van der Waals surface area (Å²) in [6.07, 6.45) is 8.88. The van der Waals surface area contributed by atoms with Crippen LogP contribution in [-0.2, 0) is 4.79 Å². The predicted molar refractivity (Wildman–Crippen MR) is 166 cm³/mol. The molecule has 0 spiro atoms. The number of hydrogen-bond acceptors (Lipinski definition) is 6. The zero-order chi connectivity index (χ0) is 29.1. The van der Waals surface area contributed by atoms with E-state index in [0.29, 0.717) is 41.9 Å². The SMILES string of the molecule is C=CC(=O)N1CCN(c2nc(=O)n(-c3ccncc3C3CC3)c3cc(-c4c(C)ccc5[nH]ncc45)c(Cl)cc23)C(C)C1. The number of carbonyl (C=O) groups is 1. The zero-order valence-corrected chi connectivity index (χ0v) is 24.2. The molecular weight excluding hydrogens is 550 g/mol. The molecule has 2 aliphatic rings. The Bertz CT molecular complexity index is 1960. The maximum Gasteiger partial charge on any atom is 0.354 e. The molecule has 1 aliphatic heterocycles. The van der Waals surface area contributed by atoms with Crippen LogP contribution in [0, 0.1) is 6.92 Å². The molecule has 10 heteroatoms. The van der Waals surface area contributed by atoms with Crippen molar-refractivity contribution in [2.45, 2.75) is 38.6 Å². The van der Waals surface area contributed by atoms with Crippen molar-refractivity contribution < 1.29 is 4.79 Å². The van der Waals surface area contributed by atoms with Gasteiger partial charge in [0.1, 0.15) is 5.82 Å². The molecule has 1 unspecified atom stereocenters. The van der Waals surface area contributed by atoms with Gasteiger partial charge in [0.15, 0.2) is 0 Å². The third kappa shape index (κ3) is 4.27. The lowest BCUT2D eigenvalue weighted by atomic mass is 9.95. The molecule has 212 valence electrons. The van der Waals surface area contributed by atoms with Crippen LogP contribution in [0.1, 0.15) is 36.8 Å². The fourth-order valence-electron chi connectivity index (χ4n) is 6.27. The Labute approximate surface area is 247 Å². The first-order valence-corrected chi connectivity index (χ1v) is 14.5. The summed E-state index contributed by atoms with van der Waals surface area (Å²) < 4.78 is 1.71. The summed E-state index contributed by atoms with van der Waals surface area (Å²) in [5.74, 6) is 0.842. The maximum absolute atomic E-state index is 14.1. The first kappa shape index (κ1) is 26.4. The lowest BCUT2D eigenvalue weighted by molar-refractivity contribution is -0.126. The van der Waals surface area contributed by atoms with Gasteiger partial charge in [-0.25, -0.2) is 4.79 Å². The number of carbonyl (C=O) groups excluding carboxylic acids is 1. The summed E-state index contributed by atoms with van der Waals surface area (Å²) in [5, 5.41) is 9.60. The number of hydrogen-bond donors (Lipinski definition) is 1. The van der Waals surface area contributed by atoms with Gasteiger partial charge in [-0.3, -0.25) is 19.4 Å². The van der Waals surface area contributed by atoms with E-state index in [1.807, 2.05) is 56.6 Å². The van der Waals surface area contributed by atoms with Gasteiger partial charge in [-0.15, -0.1) is 0 Å². The predicted octanol–water partition coefficient (Wildman–Crippen LogP) is 5.39. The van der Waals surface area contributed by atoms with Crippen molar-refractivity contribution in [1.29, 1.82) is 0 Å². The Morgan fingerprint density at radius 3 is 2.74 bits per heavy atom. The van der Waals surface area contributed by atoms with Gasteiger partial charge in [0, 0.05) is 59.4 Å². The second kappa shape index (κ2) is 10.1. The minimum Gasteiger partial charge on any atom is -0.350 e. The van der Waals surface area contributed by atoms with Gasteiger partial charge in [-0.1, -0.05) is 24.2 Å². The van der Waals surface area contributed by atoms with Gasteiger partial charge in [0.25, 0.3) is 0 Å². The molecule has 2 fully saturated rings. The fourth-order valence-corrected chi connectivity index (χ4v) is 6.53. The van der Waals surface area contributed by atoms with E-state index in [0.717, 1.165) is 57.1 Å². The fraction of sp³-hybridized carbons (Fsp3) is 0.281. The number of aromatic amines is 1. The van der Waals surface area contributed by atoms with E-state index in [-0.39, 0.29) is 17.6 Å². The molecule has 1 amide bonds. The average Bonchev–Trinajstić information content (AvgIpc) is 3.73. The number of piperazine rings is 1. The molecule has 1 N–H and O–H groups in total. The van der Waals surface area contributed by atoms with Crippen LogP contribution in [0.4, 0.5) is 5.82 Å². The number of aromatic nitrogens is 5. The Balaban J connectivity index is 1.49. The van der Waals surface area contributed by atoms with E-state index in [9.17, 15) is 9.59 Å². The van der Waals surface area contributed by atoms with E-state index in [2.05, 4.69) is 31.6 Å². The number of pyridine rings is 1. The molecule has 4 heterocycles. The third-order valence-corrected chi connectivity index (χ3v) is 8.85. The molecule has 0 radical (unpaired) electrons. The van der Waals surface area contributed by atoms with Crippen molar-refractivity contribution in [3.8, 4) is 16.8 Å². The number of nitrogens with zero attached hydrogens (tertiary/aromatic N) is 6. The lowest BCUT2D eigenvalue weighted by Crippen LogP contribution is -2.54. The monoisotopic (exact) mass is 579 g/mol. The van der Waals surface area contributed by atoms with E-state index in [4.69, 9.17) is 11.6 Å². The quantitative estimate of drug-likeness (QED) is 0.280. The molecule has 9 nitrogen and oxygen atoms in total. The molecular formula is C32H30ClN7O2. The number of benzene rings is 2. The van der Waals surface area contributed by atoms with Crippen LogP contribution in [0.25, 0.3) is 38.6 Å². The van der Waals surface area contributed by atoms with Crippen LogP contribution in [0.5, 0.6) is 0 Å². The van der Waals surface area contributed by atoms with Gasteiger partial charge in [0.05, 0.1) is 22.9 Å². The second-order valence-corrected chi connectivity index (χ2v) is 11.6. The summed E-state index contributed by atoms with van der Waals surface area (Å²) in [4.78, 5) is 39.3. The van der Waals surface area contributed by atoms with Crippen LogP contribution < -0.4 is 10.6 Å². The number of aryl methyl sites for hydroxylation is 1. The lowest BCUT2D eigenvalue weighted by Gasteiger charge is -2.40. The molecule has 42 heavy (non-hydrogen) atoms. The maximum atomic E-state index is 14.1. The summed E-state index contributed by atoms with van der Waals surface area (Å²) in [6, 6.07) is 9.81. The highest BCUT2D eigenvalue weighted by atomic mass is 35.5. The van der Waals surface area contributed by atoms with Crippen LogP contribution >= 0.6 is 11.6 Å². The van der Waals surface area contributed by atoms with E-state index < -0.39 is 0 Å². The first-order valence-electron chi connectivity index (χ1n) is 14.2. The number of anilines is 1. The number of rotatable bonds is 5. The number of halogens is 1. The van der Waals surface area contributed by atoms with Crippen molar-refractivity contribution in [2.24, 2.45) is 0 Å². The normalized spacial score (nSPS) is 17.3. The van der Waals surface area contributed by atoms with Crippen molar-refractivity contribution in [2.75, 3.05) is 24.5 Å². The highest BCUT2D eigenvalue weighted by Crippen LogP contribution is 2.44. The third-order valence-electron chi connectivity index (χ3n) is 8.53. The van der Waals surface area contributed by atoms with E-state index >= 15 is 0 Å². The average molecular weight is 580 g/mol. The number of fused-ring (bicyclic) bond motifs is 2. The van der Waals surface area contributed by atoms with Crippen molar-refractivity contribution >= 4 is 45.1 Å². The molecule has 3 aromatic heterocycles.